The van der Waals surface area contributed by atoms with Crippen molar-refractivity contribution in [3.63, 3.8) is 0 Å². The largest absolute Gasteiger partial charge is 0.464 e. The Kier molecular flexibility index (Phi) is 5.76. The van der Waals surface area contributed by atoms with Crippen molar-refractivity contribution < 1.29 is 9.21 Å². The number of halogens is 1. The number of amides is 1. The van der Waals surface area contributed by atoms with E-state index in [9.17, 15) is 4.79 Å². The number of nitrogens with zero attached hydrogens (tertiary/aromatic N) is 2. The number of thioether (sulfide) groups is 1. The number of carbonyl (C=O) groups excluding carboxylic acids is 1. The summed E-state index contributed by atoms with van der Waals surface area (Å²) in [6.45, 7) is 2.15. The van der Waals surface area contributed by atoms with Gasteiger partial charge in [0.2, 0.25) is 11.0 Å². The van der Waals surface area contributed by atoms with E-state index in [1.54, 1.807) is 36.2 Å². The van der Waals surface area contributed by atoms with Crippen LogP contribution in [0.25, 0.3) is 11.0 Å². The quantitative estimate of drug-likeness (QED) is 0.354. The van der Waals surface area contributed by atoms with E-state index in [2.05, 4.69) is 22.4 Å². The molecule has 0 atom stereocenters. The lowest BCUT2D eigenvalue weighted by Gasteiger charge is -2.00. The second-order valence-corrected chi connectivity index (χ2v) is 7.96. The van der Waals surface area contributed by atoms with Gasteiger partial charge >= 0.3 is 0 Å². The zero-order valence-corrected chi connectivity index (χ0v) is 15.4. The van der Waals surface area contributed by atoms with Gasteiger partial charge in [-0.1, -0.05) is 48.0 Å². The third-order valence-corrected chi connectivity index (χ3v) is 5.64. The number of anilines is 1. The van der Waals surface area contributed by atoms with Gasteiger partial charge in [0.1, 0.15) is 5.58 Å². The lowest BCUT2D eigenvalue weighted by atomic mass is 10.1. The number of unbranched alkanes of at least 4 members (excludes halogenated alkanes) is 1. The van der Waals surface area contributed by atoms with Crippen molar-refractivity contribution in [3.05, 3.63) is 35.0 Å². The predicted octanol–water partition coefficient (Wildman–Crippen LogP) is 5.01. The van der Waals surface area contributed by atoms with Crippen molar-refractivity contribution >= 4 is 56.7 Å². The van der Waals surface area contributed by atoms with Gasteiger partial charge in [0.15, 0.2) is 4.34 Å². The summed E-state index contributed by atoms with van der Waals surface area (Å²) >= 11 is 9.07. The number of aromatic nitrogens is 2. The molecule has 0 unspecified atom stereocenters. The molecule has 0 aliphatic rings. The molecule has 5 nitrogen and oxygen atoms in total. The van der Waals surface area contributed by atoms with Crippen LogP contribution in [-0.2, 0) is 11.2 Å². The number of carbonyl (C=O) groups is 1. The van der Waals surface area contributed by atoms with Crippen LogP contribution in [0.15, 0.2) is 33.2 Å². The number of nitrogens with one attached hydrogen (secondary N) is 1. The molecule has 2 aromatic heterocycles. The van der Waals surface area contributed by atoms with Crippen LogP contribution in [0.2, 0.25) is 5.02 Å². The molecule has 0 saturated carbocycles. The summed E-state index contributed by atoms with van der Waals surface area (Å²) in [5.74, 6) is 0.861. The summed E-state index contributed by atoms with van der Waals surface area (Å²) in [4.78, 5) is 12.2. The van der Waals surface area contributed by atoms with Crippen molar-refractivity contribution in [2.75, 3.05) is 11.1 Å². The van der Waals surface area contributed by atoms with Crippen LogP contribution in [0.4, 0.5) is 5.13 Å². The zero-order valence-electron chi connectivity index (χ0n) is 13.0. The first kappa shape index (κ1) is 17.3. The van der Waals surface area contributed by atoms with E-state index in [0.717, 1.165) is 33.9 Å². The van der Waals surface area contributed by atoms with Gasteiger partial charge in [-0.15, -0.1) is 10.2 Å². The van der Waals surface area contributed by atoms with Crippen LogP contribution in [0.1, 0.15) is 25.3 Å². The first-order valence-electron chi connectivity index (χ1n) is 7.57. The highest BCUT2D eigenvalue weighted by molar-refractivity contribution is 8.01. The summed E-state index contributed by atoms with van der Waals surface area (Å²) in [6, 6.07) is 5.36. The Bertz CT molecular complexity index is 847. The van der Waals surface area contributed by atoms with E-state index in [4.69, 9.17) is 16.0 Å². The Labute approximate surface area is 152 Å². The molecule has 2 heterocycles. The summed E-state index contributed by atoms with van der Waals surface area (Å²) in [7, 11) is 0. The number of hydrogen-bond acceptors (Lipinski definition) is 6. The van der Waals surface area contributed by atoms with Gasteiger partial charge in [-0.05, 0) is 24.6 Å². The third kappa shape index (κ3) is 4.28. The maximum atomic E-state index is 12.2. The monoisotopic (exact) mass is 381 g/mol. The highest BCUT2D eigenvalue weighted by Crippen LogP contribution is 2.27. The fourth-order valence-electron chi connectivity index (χ4n) is 2.15. The van der Waals surface area contributed by atoms with E-state index in [1.165, 1.54) is 11.3 Å². The van der Waals surface area contributed by atoms with E-state index in [1.807, 2.05) is 0 Å². The van der Waals surface area contributed by atoms with Gasteiger partial charge in [0.25, 0.3) is 0 Å². The van der Waals surface area contributed by atoms with Crippen LogP contribution >= 0.6 is 34.7 Å². The van der Waals surface area contributed by atoms with Gasteiger partial charge in [0, 0.05) is 21.7 Å². The number of benzene rings is 1. The molecule has 1 N–H and O–H groups in total. The summed E-state index contributed by atoms with van der Waals surface area (Å²) in [5, 5.41) is 12.9. The topological polar surface area (TPSA) is 68.0 Å². The molecule has 0 aliphatic carbocycles. The van der Waals surface area contributed by atoms with Gasteiger partial charge in [-0.2, -0.15) is 0 Å². The standard InChI is InChI=1S/C16H16ClN3O2S2/c1-2-3-6-23-16-20-19-15(24-16)18-14(21)7-10-9-22-13-5-4-11(17)8-12(10)13/h4-5,8-9H,2-3,6-7H2,1H3,(H,18,19,21). The highest BCUT2D eigenvalue weighted by Gasteiger charge is 2.13. The summed E-state index contributed by atoms with van der Waals surface area (Å²) < 4.78 is 6.32. The lowest BCUT2D eigenvalue weighted by molar-refractivity contribution is -0.115. The van der Waals surface area contributed by atoms with Crippen LogP contribution < -0.4 is 5.32 Å². The van der Waals surface area contributed by atoms with E-state index in [0.29, 0.717) is 15.7 Å². The Morgan fingerprint density at radius 1 is 1.42 bits per heavy atom. The molecular weight excluding hydrogens is 366 g/mol. The molecular formula is C16H16ClN3O2S2. The number of fused-ring (bicyclic) bond motifs is 1. The van der Waals surface area contributed by atoms with Gasteiger partial charge < -0.3 is 9.73 Å². The molecule has 0 spiro atoms. The average Bonchev–Trinajstić information content (AvgIpc) is 3.15. The van der Waals surface area contributed by atoms with Crippen molar-refractivity contribution in [1.29, 1.82) is 0 Å². The minimum absolute atomic E-state index is 0.154. The Morgan fingerprint density at radius 2 is 2.29 bits per heavy atom. The highest BCUT2D eigenvalue weighted by atomic mass is 35.5. The maximum absolute atomic E-state index is 12.2. The lowest BCUT2D eigenvalue weighted by Crippen LogP contribution is -2.13. The Morgan fingerprint density at radius 3 is 3.12 bits per heavy atom. The molecule has 1 aromatic carbocycles. The second-order valence-electron chi connectivity index (χ2n) is 5.20. The third-order valence-electron chi connectivity index (χ3n) is 3.34. The molecule has 1 amide bonds. The minimum Gasteiger partial charge on any atom is -0.464 e. The van der Waals surface area contributed by atoms with Crippen molar-refractivity contribution in [3.8, 4) is 0 Å². The number of furan rings is 1. The molecule has 126 valence electrons. The molecule has 0 fully saturated rings. The summed E-state index contributed by atoms with van der Waals surface area (Å²) in [5.41, 5.74) is 1.51. The van der Waals surface area contributed by atoms with Crippen molar-refractivity contribution in [2.24, 2.45) is 0 Å². The molecule has 0 aliphatic heterocycles. The van der Waals surface area contributed by atoms with Gasteiger partial charge in [0.05, 0.1) is 12.7 Å². The molecule has 3 aromatic rings. The fourth-order valence-corrected chi connectivity index (χ4v) is 4.24. The normalized spacial score (nSPS) is 11.1. The maximum Gasteiger partial charge on any atom is 0.230 e. The molecule has 3 rings (SSSR count). The van der Waals surface area contributed by atoms with Crippen molar-refractivity contribution in [1.82, 2.24) is 10.2 Å². The smallest absolute Gasteiger partial charge is 0.230 e. The minimum atomic E-state index is -0.154. The SMILES string of the molecule is CCCCSc1nnc(NC(=O)Cc2coc3ccc(Cl)cc23)s1. The molecule has 0 radical (unpaired) electrons. The molecule has 24 heavy (non-hydrogen) atoms. The van der Waals surface area contributed by atoms with Gasteiger partial charge in [-0.3, -0.25) is 4.79 Å². The molecule has 0 bridgehead atoms. The molecule has 0 saturated heterocycles. The fraction of sp³-hybridized carbons (Fsp3) is 0.312. The first-order valence-corrected chi connectivity index (χ1v) is 9.75. The Balaban J connectivity index is 1.62. The van der Waals surface area contributed by atoms with Crippen LogP contribution in [-0.4, -0.2) is 21.9 Å². The van der Waals surface area contributed by atoms with Crippen LogP contribution in [0, 0.1) is 0 Å². The van der Waals surface area contributed by atoms with Gasteiger partial charge in [-0.25, -0.2) is 0 Å². The van der Waals surface area contributed by atoms with Crippen molar-refractivity contribution in [2.45, 2.75) is 30.5 Å². The zero-order chi connectivity index (χ0) is 16.9. The van der Waals surface area contributed by atoms with E-state index < -0.39 is 0 Å². The average molecular weight is 382 g/mol. The van der Waals surface area contributed by atoms with E-state index >= 15 is 0 Å². The number of hydrogen-bond donors (Lipinski definition) is 1. The Hall–Kier alpha value is -1.57. The predicted molar refractivity (Wildman–Crippen MR) is 99.1 cm³/mol. The molecule has 8 heteroatoms. The summed E-state index contributed by atoms with van der Waals surface area (Å²) in [6.07, 6.45) is 4.08. The van der Waals surface area contributed by atoms with Crippen LogP contribution in [0.5, 0.6) is 0 Å². The van der Waals surface area contributed by atoms with E-state index in [-0.39, 0.29) is 12.3 Å². The number of rotatable bonds is 7. The first-order chi connectivity index (χ1) is 11.7. The van der Waals surface area contributed by atoms with Crippen LogP contribution in [0.3, 0.4) is 0 Å². The second kappa shape index (κ2) is 8.00.